The van der Waals surface area contributed by atoms with Crippen molar-refractivity contribution in [3.63, 3.8) is 0 Å². The lowest BCUT2D eigenvalue weighted by Gasteiger charge is -2.33. The third-order valence-electron chi connectivity index (χ3n) is 4.46. The van der Waals surface area contributed by atoms with Gasteiger partial charge in [0.25, 0.3) is 5.91 Å². The maximum Gasteiger partial charge on any atom is 0.406 e. The summed E-state index contributed by atoms with van der Waals surface area (Å²) in [6, 6.07) is -0.195. The lowest BCUT2D eigenvalue weighted by Crippen LogP contribution is -2.47. The average Bonchev–Trinajstić information content (AvgIpc) is 2.90. The first-order chi connectivity index (χ1) is 11.2. The van der Waals surface area contributed by atoms with Gasteiger partial charge in [-0.05, 0) is 26.4 Å². The van der Waals surface area contributed by atoms with Crippen LogP contribution in [0.15, 0.2) is 4.79 Å². The van der Waals surface area contributed by atoms with Crippen molar-refractivity contribution in [2.45, 2.75) is 31.6 Å². The second kappa shape index (κ2) is 5.76. The van der Waals surface area contributed by atoms with E-state index in [1.807, 2.05) is 11.9 Å². The Morgan fingerprint density at radius 2 is 1.96 bits per heavy atom. The van der Waals surface area contributed by atoms with Crippen LogP contribution < -0.4 is 5.56 Å². The molecule has 1 unspecified atom stereocenters. The van der Waals surface area contributed by atoms with Gasteiger partial charge in [-0.2, -0.15) is 18.2 Å². The quantitative estimate of drug-likeness (QED) is 0.854. The number of carbonyl (C=O) groups excluding carboxylic acids is 1. The number of hydrogen-bond acceptors (Lipinski definition) is 5. The molecule has 2 aliphatic rings. The molecule has 0 saturated carbocycles. The van der Waals surface area contributed by atoms with Crippen molar-refractivity contribution in [2.75, 3.05) is 26.7 Å². The van der Waals surface area contributed by atoms with Gasteiger partial charge in [-0.1, -0.05) is 0 Å². The fraction of sp³-hybridized carbons (Fsp3) is 0.643. The third-order valence-corrected chi connectivity index (χ3v) is 4.46. The summed E-state index contributed by atoms with van der Waals surface area (Å²) in [4.78, 5) is 30.7. The maximum atomic E-state index is 12.6. The topological polar surface area (TPSA) is 78.7 Å². The summed E-state index contributed by atoms with van der Waals surface area (Å²) in [6.45, 7) is -0.720. The van der Waals surface area contributed by atoms with E-state index < -0.39 is 35.6 Å². The lowest BCUT2D eigenvalue weighted by atomic mass is 10.1. The number of halogens is 3. The molecule has 24 heavy (non-hydrogen) atoms. The van der Waals surface area contributed by atoms with E-state index in [-0.39, 0.29) is 19.1 Å². The highest BCUT2D eigenvalue weighted by Gasteiger charge is 2.39. The van der Waals surface area contributed by atoms with Crippen molar-refractivity contribution < 1.29 is 23.1 Å². The summed E-state index contributed by atoms with van der Waals surface area (Å²) < 4.78 is 39.2. The Hall–Kier alpha value is -2.10. The predicted octanol–water partition coefficient (Wildman–Crippen LogP) is 0.734. The van der Waals surface area contributed by atoms with Gasteiger partial charge in [0.15, 0.2) is 5.69 Å². The van der Waals surface area contributed by atoms with E-state index in [9.17, 15) is 27.9 Å². The van der Waals surface area contributed by atoms with Gasteiger partial charge in [-0.25, -0.2) is 0 Å². The molecular formula is C14H17F3N4O3. The molecule has 0 bridgehead atoms. The molecule has 0 aliphatic carbocycles. The van der Waals surface area contributed by atoms with E-state index >= 15 is 0 Å². The summed E-state index contributed by atoms with van der Waals surface area (Å²) in [7, 11) is 1.85. The Kier molecular flexibility index (Phi) is 4.02. The second-order valence-corrected chi connectivity index (χ2v) is 6.10. The number of rotatable bonds is 2. The minimum Gasteiger partial charge on any atom is -0.501 e. The molecule has 132 valence electrons. The molecule has 7 nitrogen and oxygen atoms in total. The van der Waals surface area contributed by atoms with Crippen LogP contribution in [0.25, 0.3) is 0 Å². The Morgan fingerprint density at radius 3 is 2.54 bits per heavy atom. The summed E-state index contributed by atoms with van der Waals surface area (Å²) in [6.07, 6.45) is -2.93. The molecule has 1 fully saturated rings. The summed E-state index contributed by atoms with van der Waals surface area (Å²) in [5.74, 6) is -1.57. The van der Waals surface area contributed by atoms with Crippen LogP contribution in [-0.2, 0) is 6.54 Å². The second-order valence-electron chi connectivity index (χ2n) is 6.10. The Morgan fingerprint density at radius 1 is 1.25 bits per heavy atom. The van der Waals surface area contributed by atoms with Crippen molar-refractivity contribution in [1.82, 2.24) is 19.4 Å². The third kappa shape index (κ3) is 2.85. The van der Waals surface area contributed by atoms with Crippen LogP contribution in [0.5, 0.6) is 5.75 Å². The molecule has 1 N–H and O–H groups in total. The van der Waals surface area contributed by atoms with E-state index in [1.54, 1.807) is 0 Å². The molecule has 0 aromatic carbocycles. The van der Waals surface area contributed by atoms with Crippen LogP contribution in [0.2, 0.25) is 0 Å². The number of carbonyl (C=O) groups is 1. The number of nitrogens with zero attached hydrogens (tertiary/aromatic N) is 4. The van der Waals surface area contributed by atoms with E-state index in [4.69, 9.17) is 0 Å². The first-order valence-corrected chi connectivity index (χ1v) is 7.59. The van der Waals surface area contributed by atoms with Crippen molar-refractivity contribution in [2.24, 2.45) is 0 Å². The van der Waals surface area contributed by atoms with Crippen molar-refractivity contribution in [3.05, 3.63) is 21.9 Å². The summed E-state index contributed by atoms with van der Waals surface area (Å²) in [5.41, 5.74) is -1.39. The molecule has 10 heteroatoms. The van der Waals surface area contributed by atoms with E-state index in [1.165, 1.54) is 4.57 Å². The summed E-state index contributed by atoms with van der Waals surface area (Å²) in [5, 5.41) is 9.92. The maximum absolute atomic E-state index is 12.6. The van der Waals surface area contributed by atoms with Gasteiger partial charge in [0, 0.05) is 13.1 Å². The molecule has 1 saturated heterocycles. The number of aromatic hydroxyl groups is 1. The zero-order chi connectivity index (χ0) is 17.6. The number of hydrogen-bond donors (Lipinski definition) is 1. The Bertz CT molecular complexity index is 731. The van der Waals surface area contributed by atoms with Crippen LogP contribution in [0, 0.1) is 0 Å². The largest absolute Gasteiger partial charge is 0.501 e. The molecule has 1 atom stereocenters. The fourth-order valence-electron chi connectivity index (χ4n) is 3.33. The standard InChI is InChI=1S/C14H17F3N4O3/c1-19-4-2-3-8(19)11-18-12(23)10(22)9-13(24)20(5-6-21(9)11)7-14(15,16)17/h8,22H,2-7H2,1H3. The van der Waals surface area contributed by atoms with Crippen molar-refractivity contribution >= 4 is 5.91 Å². The Labute approximate surface area is 135 Å². The van der Waals surface area contributed by atoms with Crippen LogP contribution in [0.4, 0.5) is 13.2 Å². The van der Waals surface area contributed by atoms with Gasteiger partial charge in [-0.15, -0.1) is 0 Å². The zero-order valence-electron chi connectivity index (χ0n) is 13.0. The fourth-order valence-corrected chi connectivity index (χ4v) is 3.33. The number of aromatic nitrogens is 2. The lowest BCUT2D eigenvalue weighted by molar-refractivity contribution is -0.141. The average molecular weight is 346 g/mol. The van der Waals surface area contributed by atoms with Gasteiger partial charge in [0.2, 0.25) is 5.75 Å². The molecule has 1 amide bonds. The SMILES string of the molecule is CN1CCCC1c1nc(=O)c(O)c2n1CCN(CC(F)(F)F)C2=O. The number of fused-ring (bicyclic) bond motifs is 1. The molecule has 1 aromatic heterocycles. The number of amides is 1. The molecule has 3 heterocycles. The number of alkyl halides is 3. The first-order valence-electron chi connectivity index (χ1n) is 7.59. The van der Waals surface area contributed by atoms with E-state index in [0.717, 1.165) is 19.4 Å². The number of likely N-dealkylation sites (tertiary alicyclic amines) is 1. The monoisotopic (exact) mass is 346 g/mol. The minimum atomic E-state index is -4.55. The van der Waals surface area contributed by atoms with Gasteiger partial charge in [0.05, 0.1) is 6.04 Å². The Balaban J connectivity index is 2.06. The van der Waals surface area contributed by atoms with Gasteiger partial charge in [0.1, 0.15) is 12.4 Å². The van der Waals surface area contributed by atoms with Crippen LogP contribution in [0.3, 0.4) is 0 Å². The minimum absolute atomic E-state index is 0.0532. The highest BCUT2D eigenvalue weighted by molar-refractivity contribution is 5.95. The molecular weight excluding hydrogens is 329 g/mol. The van der Waals surface area contributed by atoms with E-state index in [0.29, 0.717) is 10.7 Å². The molecule has 0 spiro atoms. The highest BCUT2D eigenvalue weighted by Crippen LogP contribution is 2.32. The molecule has 0 radical (unpaired) electrons. The van der Waals surface area contributed by atoms with Crippen LogP contribution in [-0.4, -0.2) is 63.2 Å². The summed E-state index contributed by atoms with van der Waals surface area (Å²) >= 11 is 0. The smallest absolute Gasteiger partial charge is 0.406 e. The molecule has 3 rings (SSSR count). The van der Waals surface area contributed by atoms with Crippen LogP contribution >= 0.6 is 0 Å². The molecule has 1 aromatic rings. The van der Waals surface area contributed by atoms with Crippen molar-refractivity contribution in [3.8, 4) is 5.75 Å². The van der Waals surface area contributed by atoms with Crippen molar-refractivity contribution in [1.29, 1.82) is 0 Å². The predicted molar refractivity (Wildman–Crippen MR) is 76.7 cm³/mol. The van der Waals surface area contributed by atoms with E-state index in [2.05, 4.69) is 4.98 Å². The van der Waals surface area contributed by atoms with Gasteiger partial charge < -0.3 is 14.6 Å². The molecule has 2 aliphatic heterocycles. The van der Waals surface area contributed by atoms with Gasteiger partial charge >= 0.3 is 11.7 Å². The normalized spacial score (nSPS) is 22.1. The highest BCUT2D eigenvalue weighted by atomic mass is 19.4. The first kappa shape index (κ1) is 16.7. The van der Waals surface area contributed by atoms with Gasteiger partial charge in [-0.3, -0.25) is 14.5 Å². The zero-order valence-corrected chi connectivity index (χ0v) is 13.0. The van der Waals surface area contributed by atoms with Crippen LogP contribution in [0.1, 0.15) is 35.2 Å².